The zero-order valence-corrected chi connectivity index (χ0v) is 20.7. The van der Waals surface area contributed by atoms with Gasteiger partial charge in [0.15, 0.2) is 11.5 Å². The molecule has 1 aliphatic carbocycles. The highest BCUT2D eigenvalue weighted by atomic mass is 35.5. The van der Waals surface area contributed by atoms with Gasteiger partial charge in [-0.3, -0.25) is 9.59 Å². The number of nitrogens with one attached hydrogen (secondary N) is 1. The number of thiazole rings is 1. The molecule has 35 heavy (non-hydrogen) atoms. The molecule has 1 saturated heterocycles. The predicted octanol–water partition coefficient (Wildman–Crippen LogP) is 4.58. The van der Waals surface area contributed by atoms with E-state index in [1.807, 2.05) is 36.1 Å². The Bertz CT molecular complexity index is 1330. The fourth-order valence-electron chi connectivity index (χ4n) is 5.14. The van der Waals surface area contributed by atoms with Crippen molar-refractivity contribution in [3.63, 3.8) is 0 Å². The summed E-state index contributed by atoms with van der Waals surface area (Å²) in [5.41, 5.74) is 1.79. The Kier molecular flexibility index (Phi) is 5.65. The van der Waals surface area contributed by atoms with Gasteiger partial charge in [-0.15, -0.1) is 11.3 Å². The Morgan fingerprint density at radius 3 is 2.86 bits per heavy atom. The number of hydrogen-bond donors (Lipinski definition) is 1. The van der Waals surface area contributed by atoms with Crippen molar-refractivity contribution >= 4 is 34.8 Å². The first-order valence-corrected chi connectivity index (χ1v) is 12.9. The lowest BCUT2D eigenvalue weighted by Gasteiger charge is -2.28. The molecule has 3 heterocycles. The fourth-order valence-corrected chi connectivity index (χ4v) is 6.23. The van der Waals surface area contributed by atoms with Gasteiger partial charge >= 0.3 is 0 Å². The van der Waals surface area contributed by atoms with Crippen LogP contribution >= 0.6 is 22.9 Å². The van der Waals surface area contributed by atoms with E-state index >= 15 is 0 Å². The monoisotopic (exact) mass is 509 g/mol. The van der Waals surface area contributed by atoms with E-state index in [2.05, 4.69) is 10.3 Å². The second-order valence-corrected chi connectivity index (χ2v) is 10.8. The maximum atomic E-state index is 13.8. The molecule has 1 N–H and O–H groups in total. The minimum absolute atomic E-state index is 0.0811. The zero-order chi connectivity index (χ0) is 24.1. The molecule has 0 radical (unpaired) electrons. The van der Waals surface area contributed by atoms with Crippen LogP contribution in [0.4, 0.5) is 0 Å². The second kappa shape index (κ2) is 8.84. The van der Waals surface area contributed by atoms with Crippen LogP contribution in [0.25, 0.3) is 10.4 Å². The van der Waals surface area contributed by atoms with Gasteiger partial charge in [-0.1, -0.05) is 29.8 Å². The van der Waals surface area contributed by atoms with Crippen LogP contribution < -0.4 is 14.8 Å². The van der Waals surface area contributed by atoms with E-state index < -0.39 is 0 Å². The molecule has 1 aromatic heterocycles. The number of rotatable bonds is 5. The summed E-state index contributed by atoms with van der Waals surface area (Å²) in [5, 5.41) is 4.47. The Balaban J connectivity index is 1.22. The summed E-state index contributed by atoms with van der Waals surface area (Å²) < 4.78 is 11.3. The van der Waals surface area contributed by atoms with Gasteiger partial charge in [0.05, 0.1) is 21.5 Å². The molecular weight excluding hydrogens is 486 g/mol. The number of aromatic nitrogens is 1. The second-order valence-electron chi connectivity index (χ2n) is 9.13. The highest BCUT2D eigenvalue weighted by Gasteiger charge is 2.54. The van der Waals surface area contributed by atoms with Crippen LogP contribution in [0.2, 0.25) is 5.02 Å². The van der Waals surface area contributed by atoms with E-state index in [1.165, 1.54) is 11.3 Å². The topological polar surface area (TPSA) is 80.8 Å². The molecule has 6 rings (SSSR count). The summed E-state index contributed by atoms with van der Waals surface area (Å²) >= 11 is 7.71. The average molecular weight is 510 g/mol. The molecule has 9 heteroatoms. The van der Waals surface area contributed by atoms with Crippen molar-refractivity contribution in [1.82, 2.24) is 15.2 Å². The molecule has 2 amide bonds. The van der Waals surface area contributed by atoms with Gasteiger partial charge in [-0.05, 0) is 55.5 Å². The summed E-state index contributed by atoms with van der Waals surface area (Å²) in [5.74, 6) is 1.22. The van der Waals surface area contributed by atoms with Crippen LogP contribution in [0.3, 0.4) is 0 Å². The summed E-state index contributed by atoms with van der Waals surface area (Å²) in [6.45, 7) is 3.15. The smallest absolute Gasteiger partial charge is 0.274 e. The van der Waals surface area contributed by atoms with E-state index in [4.69, 9.17) is 21.1 Å². The Morgan fingerprint density at radius 2 is 2.00 bits per heavy atom. The van der Waals surface area contributed by atoms with Gasteiger partial charge in [-0.2, -0.15) is 0 Å². The maximum Gasteiger partial charge on any atom is 0.274 e. The average Bonchev–Trinajstić information content (AvgIpc) is 3.35. The van der Waals surface area contributed by atoms with Crippen molar-refractivity contribution in [3.8, 4) is 21.9 Å². The van der Waals surface area contributed by atoms with Gasteiger partial charge in [-0.25, -0.2) is 4.98 Å². The minimum atomic E-state index is -0.232. The van der Waals surface area contributed by atoms with Crippen LogP contribution in [0.1, 0.15) is 38.7 Å². The lowest BCUT2D eigenvalue weighted by atomic mass is 10.1. The number of amides is 2. The largest absolute Gasteiger partial charge is 0.486 e. The van der Waals surface area contributed by atoms with E-state index in [1.54, 1.807) is 18.2 Å². The van der Waals surface area contributed by atoms with Crippen molar-refractivity contribution in [3.05, 3.63) is 63.8 Å². The molecule has 3 atom stereocenters. The SMILES string of the molecule is Cc1nc(C(=O)N2[C@H](CNC(=O)c3cccc4c3OCCO4)C[C@@H]3C[C@@H]32)c(-c2cccc(Cl)c2)s1. The van der Waals surface area contributed by atoms with E-state index in [9.17, 15) is 9.59 Å². The number of aryl methyl sites for hydroxylation is 1. The normalized spacial score (nSPS) is 22.0. The third kappa shape index (κ3) is 4.15. The number of fused-ring (bicyclic) bond motifs is 2. The summed E-state index contributed by atoms with van der Waals surface area (Å²) in [7, 11) is 0. The Morgan fingerprint density at radius 1 is 1.17 bits per heavy atom. The molecular formula is C26H24ClN3O4S. The molecule has 2 aromatic carbocycles. The van der Waals surface area contributed by atoms with Crippen molar-refractivity contribution < 1.29 is 19.1 Å². The van der Waals surface area contributed by atoms with Gasteiger partial charge in [0.1, 0.15) is 18.9 Å². The first-order chi connectivity index (χ1) is 17.0. The molecule has 3 aromatic rings. The Labute approximate surface area is 212 Å². The zero-order valence-electron chi connectivity index (χ0n) is 19.1. The van der Waals surface area contributed by atoms with Gasteiger partial charge in [0, 0.05) is 17.6 Å². The molecule has 0 spiro atoms. The van der Waals surface area contributed by atoms with Crippen molar-refractivity contribution in [1.29, 1.82) is 0 Å². The lowest BCUT2D eigenvalue weighted by Crippen LogP contribution is -2.45. The number of likely N-dealkylation sites (tertiary alicyclic amines) is 1. The van der Waals surface area contributed by atoms with Gasteiger partial charge < -0.3 is 19.7 Å². The maximum absolute atomic E-state index is 13.8. The lowest BCUT2D eigenvalue weighted by molar-refractivity contribution is 0.0684. The molecule has 3 aliphatic rings. The fraction of sp³-hybridized carbons (Fsp3) is 0.346. The molecule has 0 bridgehead atoms. The van der Waals surface area contributed by atoms with E-state index in [0.29, 0.717) is 53.5 Å². The molecule has 2 fully saturated rings. The minimum Gasteiger partial charge on any atom is -0.486 e. The van der Waals surface area contributed by atoms with Crippen molar-refractivity contribution in [2.75, 3.05) is 19.8 Å². The number of carbonyl (C=O) groups excluding carboxylic acids is 2. The number of para-hydroxylation sites is 1. The highest BCUT2D eigenvalue weighted by Crippen LogP contribution is 2.49. The molecule has 0 unspecified atom stereocenters. The molecule has 1 saturated carbocycles. The van der Waals surface area contributed by atoms with Crippen molar-refractivity contribution in [2.24, 2.45) is 5.92 Å². The molecule has 2 aliphatic heterocycles. The Hall–Kier alpha value is -3.10. The number of carbonyl (C=O) groups is 2. The number of benzene rings is 2. The van der Waals surface area contributed by atoms with Crippen LogP contribution in [-0.2, 0) is 0 Å². The summed E-state index contributed by atoms with van der Waals surface area (Å²) in [4.78, 5) is 34.2. The number of halogens is 1. The number of nitrogens with zero attached hydrogens (tertiary/aromatic N) is 2. The van der Waals surface area contributed by atoms with Crippen molar-refractivity contribution in [2.45, 2.75) is 31.8 Å². The highest BCUT2D eigenvalue weighted by molar-refractivity contribution is 7.15. The van der Waals surface area contributed by atoms with Crippen LogP contribution in [0.15, 0.2) is 42.5 Å². The quantitative estimate of drug-likeness (QED) is 0.544. The van der Waals surface area contributed by atoms with Crippen LogP contribution in [-0.4, -0.2) is 53.5 Å². The first kappa shape index (κ1) is 22.4. The predicted molar refractivity (Wildman–Crippen MR) is 134 cm³/mol. The number of ether oxygens (including phenoxy) is 2. The summed E-state index contributed by atoms with van der Waals surface area (Å²) in [6, 6.07) is 12.9. The van der Waals surface area contributed by atoms with E-state index in [-0.39, 0.29) is 23.9 Å². The number of hydrogen-bond acceptors (Lipinski definition) is 6. The van der Waals surface area contributed by atoms with Gasteiger partial charge in [0.2, 0.25) is 0 Å². The summed E-state index contributed by atoms with van der Waals surface area (Å²) in [6.07, 6.45) is 1.88. The van der Waals surface area contributed by atoms with Crippen LogP contribution in [0.5, 0.6) is 11.5 Å². The third-order valence-electron chi connectivity index (χ3n) is 6.78. The molecule has 7 nitrogen and oxygen atoms in total. The first-order valence-electron chi connectivity index (χ1n) is 11.7. The van der Waals surface area contributed by atoms with E-state index in [0.717, 1.165) is 28.3 Å². The molecule has 180 valence electrons. The number of piperidine rings is 1. The standard InChI is InChI=1S/C26H24ClN3O4S/c1-14-29-22(24(35-14)15-4-2-5-17(27)10-15)26(32)30-18(11-16-12-20(16)30)13-28-25(31)19-6-3-7-21-23(19)34-9-8-33-21/h2-7,10,16,18,20H,8-9,11-13H2,1H3,(H,28,31)/t16-,18+,20+/m1/s1. The van der Waals surface area contributed by atoms with Crippen LogP contribution in [0, 0.1) is 12.8 Å². The third-order valence-corrected chi connectivity index (χ3v) is 8.03. The van der Waals surface area contributed by atoms with Gasteiger partial charge in [0.25, 0.3) is 11.8 Å².